The van der Waals surface area contributed by atoms with Gasteiger partial charge in [0.15, 0.2) is 10.1 Å². The summed E-state index contributed by atoms with van der Waals surface area (Å²) in [5.41, 5.74) is -5.65. The summed E-state index contributed by atoms with van der Waals surface area (Å²) in [6.45, 7) is 0. The fraction of sp³-hybridized carbons (Fsp3) is 0.0370. The summed E-state index contributed by atoms with van der Waals surface area (Å²) in [6.07, 6.45) is 0. The molecule has 0 saturated carbocycles. The van der Waals surface area contributed by atoms with Crippen molar-refractivity contribution in [1.82, 2.24) is 0 Å². The fourth-order valence-corrected chi connectivity index (χ4v) is 6.91. The molecule has 0 amide bonds. The van der Waals surface area contributed by atoms with Gasteiger partial charge < -0.3 is 4.55 Å². The molecule has 0 spiro atoms. The Balaban J connectivity index is 0.000000314. The lowest BCUT2D eigenvalue weighted by Crippen LogP contribution is -2.21. The second-order valence-corrected chi connectivity index (χ2v) is 11.5. The van der Waals surface area contributed by atoms with E-state index in [1.807, 2.05) is 0 Å². The average molecular weight is 512 g/mol. The van der Waals surface area contributed by atoms with E-state index in [9.17, 15) is 13.2 Å². The summed E-state index contributed by atoms with van der Waals surface area (Å²) in [6, 6.07) is 42.0. The van der Waals surface area contributed by atoms with Crippen LogP contribution in [0, 0.1) is 0 Å². The lowest BCUT2D eigenvalue weighted by atomic mass is 10.1. The molecule has 0 N–H and O–H groups in total. The third kappa shape index (κ3) is 5.54. The highest BCUT2D eigenvalue weighted by atomic mass is 32.2. The quantitative estimate of drug-likeness (QED) is 0.181. The van der Waals surface area contributed by atoms with E-state index in [0.29, 0.717) is 0 Å². The smallest absolute Gasteiger partial charge is 0.485 e. The predicted molar refractivity (Wildman–Crippen MR) is 137 cm³/mol. The fourth-order valence-electron chi connectivity index (χ4n) is 3.95. The van der Waals surface area contributed by atoms with Crippen molar-refractivity contribution >= 4 is 55.5 Å². The first-order valence-electron chi connectivity index (χ1n) is 10.6. The molecule has 0 bridgehead atoms. The van der Waals surface area contributed by atoms with Gasteiger partial charge >= 0.3 is 5.51 Å². The summed E-state index contributed by atoms with van der Waals surface area (Å²) in [7, 11) is -7.22. The monoisotopic (exact) mass is 512 g/mol. The summed E-state index contributed by atoms with van der Waals surface area (Å²) in [5.74, 6) is 0. The predicted octanol–water partition coefficient (Wildman–Crippen LogP) is 5.53. The molecule has 0 unspecified atom stereocenters. The molecule has 0 atom stereocenters. The van der Waals surface area contributed by atoms with Crippen LogP contribution in [0.4, 0.5) is 13.2 Å². The molecule has 35 heavy (non-hydrogen) atoms. The second kappa shape index (κ2) is 10.2. The summed E-state index contributed by atoms with van der Waals surface area (Å²) < 4.78 is 58.9. The molecule has 0 aliphatic carbocycles. The van der Waals surface area contributed by atoms with Crippen LogP contribution < -0.4 is 15.9 Å². The van der Waals surface area contributed by atoms with Crippen LogP contribution in [-0.2, 0) is 10.1 Å². The number of hydrogen-bond acceptors (Lipinski definition) is 3. The Morgan fingerprint density at radius 3 is 1.37 bits per heavy atom. The van der Waals surface area contributed by atoms with Gasteiger partial charge in [0.25, 0.3) is 0 Å². The SMILES string of the molecule is O=S(=O)([O-])C(F)(F)F.c1ccc([PH+](c2cccc3ccccc23)c2cccc3ccccc23)cc1. The van der Waals surface area contributed by atoms with Crippen LogP contribution >= 0.6 is 7.92 Å². The minimum absolute atomic E-state index is 1.13. The lowest BCUT2D eigenvalue weighted by molar-refractivity contribution is -0.0517. The highest BCUT2D eigenvalue weighted by Gasteiger charge is 2.37. The number of halogens is 3. The molecule has 0 radical (unpaired) electrons. The highest BCUT2D eigenvalue weighted by Crippen LogP contribution is 2.38. The van der Waals surface area contributed by atoms with E-state index in [4.69, 9.17) is 13.0 Å². The van der Waals surface area contributed by atoms with Gasteiger partial charge in [-0.05, 0) is 35.0 Å². The average Bonchev–Trinajstić information content (AvgIpc) is 2.84. The molecule has 8 heteroatoms. The molecule has 0 heterocycles. The number of benzene rings is 5. The molecule has 0 aliphatic rings. The van der Waals surface area contributed by atoms with E-state index in [-0.39, 0.29) is 0 Å². The van der Waals surface area contributed by atoms with Crippen LogP contribution in [-0.4, -0.2) is 18.5 Å². The van der Waals surface area contributed by atoms with Gasteiger partial charge in [-0.3, -0.25) is 0 Å². The van der Waals surface area contributed by atoms with Gasteiger partial charge in [0, 0.05) is 10.8 Å². The maximum atomic E-state index is 10.7. The third-order valence-corrected chi connectivity index (χ3v) is 8.89. The molecule has 0 aromatic heterocycles. The van der Waals surface area contributed by atoms with Crippen molar-refractivity contribution in [2.75, 3.05) is 0 Å². The molecule has 5 aromatic rings. The van der Waals surface area contributed by atoms with E-state index < -0.39 is 23.5 Å². The van der Waals surface area contributed by atoms with Gasteiger partial charge in [0.05, 0.1) is 7.92 Å². The van der Waals surface area contributed by atoms with Crippen LogP contribution in [0.2, 0.25) is 0 Å². The number of alkyl halides is 3. The molecule has 0 fully saturated rings. The Morgan fingerprint density at radius 2 is 0.943 bits per heavy atom. The zero-order valence-electron chi connectivity index (χ0n) is 18.2. The largest absolute Gasteiger partial charge is 0.741 e. The first kappa shape index (κ1) is 24.9. The van der Waals surface area contributed by atoms with Crippen molar-refractivity contribution in [2.45, 2.75) is 5.51 Å². The first-order chi connectivity index (χ1) is 16.7. The normalized spacial score (nSPS) is 11.9. The van der Waals surface area contributed by atoms with Gasteiger partial charge in [-0.1, -0.05) is 91.0 Å². The number of hydrogen-bond donors (Lipinski definition) is 0. The maximum absolute atomic E-state index is 10.7. The minimum atomic E-state index is -6.09. The van der Waals surface area contributed by atoms with E-state index in [2.05, 4.69) is 115 Å². The zero-order chi connectivity index (χ0) is 25.1. The van der Waals surface area contributed by atoms with Crippen molar-refractivity contribution in [1.29, 1.82) is 0 Å². The second-order valence-electron chi connectivity index (χ2n) is 7.69. The molecule has 5 aromatic carbocycles. The van der Waals surface area contributed by atoms with E-state index in [0.717, 1.165) is 0 Å². The van der Waals surface area contributed by atoms with Crippen molar-refractivity contribution in [3.05, 3.63) is 115 Å². The molecular weight excluding hydrogens is 492 g/mol. The van der Waals surface area contributed by atoms with Gasteiger partial charge in [0.2, 0.25) is 0 Å². The topological polar surface area (TPSA) is 57.2 Å². The molecule has 0 saturated heterocycles. The van der Waals surface area contributed by atoms with E-state index in [1.165, 1.54) is 37.5 Å². The van der Waals surface area contributed by atoms with Crippen LogP contribution in [0.3, 0.4) is 0 Å². The summed E-state index contributed by atoms with van der Waals surface area (Å²) in [5, 5.41) is 9.70. The van der Waals surface area contributed by atoms with Gasteiger partial charge in [-0.15, -0.1) is 0 Å². The Morgan fingerprint density at radius 1 is 0.571 bits per heavy atom. The van der Waals surface area contributed by atoms with Crippen molar-refractivity contribution in [3.8, 4) is 0 Å². The van der Waals surface area contributed by atoms with Crippen LogP contribution in [0.25, 0.3) is 21.5 Å². The first-order valence-corrected chi connectivity index (χ1v) is 13.5. The Labute approximate surface area is 202 Å². The molecular formula is C27H20F3O3PS. The maximum Gasteiger partial charge on any atom is 0.485 e. The van der Waals surface area contributed by atoms with Crippen LogP contribution in [0.15, 0.2) is 115 Å². The van der Waals surface area contributed by atoms with Crippen LogP contribution in [0.1, 0.15) is 0 Å². The standard InChI is InChI=1S/C26H19P.CHF3O3S/c1-2-14-22(15-3-1)27(25-18-8-12-20-10-4-6-16-23(20)25)26-19-9-13-21-11-5-7-17-24(21)26;2-1(3,4)8(5,6)7/h1-19H;(H,5,6,7). The van der Waals surface area contributed by atoms with E-state index >= 15 is 0 Å². The minimum Gasteiger partial charge on any atom is -0.741 e. The van der Waals surface area contributed by atoms with E-state index in [1.54, 1.807) is 0 Å². The summed E-state index contributed by atoms with van der Waals surface area (Å²) >= 11 is 0. The Kier molecular flexibility index (Phi) is 7.22. The lowest BCUT2D eigenvalue weighted by Gasteiger charge is -2.15. The Hall–Kier alpha value is -3.25. The van der Waals surface area contributed by atoms with Crippen molar-refractivity contribution in [3.63, 3.8) is 0 Å². The molecule has 178 valence electrons. The van der Waals surface area contributed by atoms with Gasteiger partial charge in [0.1, 0.15) is 15.9 Å². The molecule has 5 rings (SSSR count). The third-order valence-electron chi connectivity index (χ3n) is 5.46. The number of fused-ring (bicyclic) bond motifs is 2. The van der Waals surface area contributed by atoms with Crippen molar-refractivity contribution < 1.29 is 26.1 Å². The highest BCUT2D eigenvalue weighted by molar-refractivity contribution is 7.86. The van der Waals surface area contributed by atoms with Crippen molar-refractivity contribution in [2.24, 2.45) is 0 Å². The molecule has 3 nitrogen and oxygen atoms in total. The summed E-state index contributed by atoms with van der Waals surface area (Å²) in [4.78, 5) is 0. The number of rotatable bonds is 3. The van der Waals surface area contributed by atoms with Gasteiger partial charge in [-0.25, -0.2) is 8.42 Å². The Bertz CT molecular complexity index is 1480. The zero-order valence-corrected chi connectivity index (χ0v) is 20.1. The molecule has 0 aliphatic heterocycles. The van der Waals surface area contributed by atoms with Crippen LogP contribution in [0.5, 0.6) is 0 Å². The van der Waals surface area contributed by atoms with Gasteiger partial charge in [-0.2, -0.15) is 13.2 Å².